The highest BCUT2D eigenvalue weighted by molar-refractivity contribution is 6.02. The fourth-order valence-corrected chi connectivity index (χ4v) is 2.27. The van der Waals surface area contributed by atoms with E-state index in [1.54, 1.807) is 54.6 Å². The van der Waals surface area contributed by atoms with Gasteiger partial charge < -0.3 is 4.74 Å². The predicted molar refractivity (Wildman–Crippen MR) is 93.0 cm³/mol. The van der Waals surface area contributed by atoms with Crippen LogP contribution in [0.3, 0.4) is 0 Å². The van der Waals surface area contributed by atoms with Crippen LogP contribution in [0.15, 0.2) is 54.6 Å². The average Bonchev–Trinajstić information content (AvgIpc) is 3.10. The van der Waals surface area contributed by atoms with Gasteiger partial charge in [-0.3, -0.25) is 25.5 Å². The Kier molecular flexibility index (Phi) is 4.93. The zero-order valence-electron chi connectivity index (χ0n) is 13.9. The van der Waals surface area contributed by atoms with Crippen molar-refractivity contribution in [3.63, 3.8) is 0 Å². The summed E-state index contributed by atoms with van der Waals surface area (Å²) in [6.07, 6.45) is -1.12. The Morgan fingerprint density at radius 3 is 2.46 bits per heavy atom. The molecule has 26 heavy (non-hydrogen) atoms. The number of benzene rings is 2. The maximum atomic E-state index is 12.2. The molecule has 2 aromatic carbocycles. The molecule has 0 aliphatic carbocycles. The smallest absolute Gasteiger partial charge is 0.360 e. The van der Waals surface area contributed by atoms with Crippen LogP contribution in [0.2, 0.25) is 0 Å². The van der Waals surface area contributed by atoms with Gasteiger partial charge in [0.15, 0.2) is 11.8 Å². The maximum Gasteiger partial charge on any atom is 0.360 e. The highest BCUT2D eigenvalue weighted by Gasteiger charge is 2.22. The first-order valence-corrected chi connectivity index (χ1v) is 7.85. The molecule has 0 radical (unpaired) electrons. The number of nitrogens with one attached hydrogen (secondary N) is 3. The van der Waals surface area contributed by atoms with Gasteiger partial charge in [-0.25, -0.2) is 4.79 Å². The van der Waals surface area contributed by atoms with E-state index in [9.17, 15) is 14.4 Å². The fraction of sp³-hybridized carbons (Fsp3) is 0.111. The summed E-state index contributed by atoms with van der Waals surface area (Å²) >= 11 is 0. The van der Waals surface area contributed by atoms with Crippen molar-refractivity contribution in [2.24, 2.45) is 0 Å². The third-order valence-electron chi connectivity index (χ3n) is 3.65. The van der Waals surface area contributed by atoms with Gasteiger partial charge >= 0.3 is 5.97 Å². The first-order chi connectivity index (χ1) is 12.6. The average molecular weight is 352 g/mol. The molecule has 3 aromatic rings. The monoisotopic (exact) mass is 352 g/mol. The molecule has 132 valence electrons. The molecular weight excluding hydrogens is 336 g/mol. The first-order valence-electron chi connectivity index (χ1n) is 7.85. The van der Waals surface area contributed by atoms with Crippen LogP contribution in [0.25, 0.3) is 10.9 Å². The van der Waals surface area contributed by atoms with E-state index in [1.807, 2.05) is 0 Å². The van der Waals surface area contributed by atoms with Gasteiger partial charge in [0.2, 0.25) is 0 Å². The van der Waals surface area contributed by atoms with E-state index >= 15 is 0 Å². The second-order valence-electron chi connectivity index (χ2n) is 5.47. The topological polar surface area (TPSA) is 113 Å². The minimum absolute atomic E-state index is 0.0913. The summed E-state index contributed by atoms with van der Waals surface area (Å²) in [7, 11) is 0. The Morgan fingerprint density at radius 1 is 1.00 bits per heavy atom. The number of para-hydroxylation sites is 1. The van der Waals surface area contributed by atoms with E-state index in [0.29, 0.717) is 16.5 Å². The number of esters is 1. The lowest BCUT2D eigenvalue weighted by Crippen LogP contribution is -2.46. The van der Waals surface area contributed by atoms with E-state index in [1.165, 1.54) is 6.92 Å². The van der Waals surface area contributed by atoms with Crippen LogP contribution < -0.4 is 10.9 Å². The number of aromatic nitrogens is 2. The van der Waals surface area contributed by atoms with Crippen molar-refractivity contribution in [1.29, 1.82) is 0 Å². The lowest BCUT2D eigenvalue weighted by Gasteiger charge is -2.13. The first kappa shape index (κ1) is 17.2. The lowest BCUT2D eigenvalue weighted by atomic mass is 10.2. The summed E-state index contributed by atoms with van der Waals surface area (Å²) in [5, 5.41) is 7.24. The van der Waals surface area contributed by atoms with Gasteiger partial charge in [0.05, 0.1) is 5.52 Å². The van der Waals surface area contributed by atoms with E-state index in [0.717, 1.165) is 0 Å². The Hall–Kier alpha value is -3.68. The van der Waals surface area contributed by atoms with Crippen molar-refractivity contribution in [3.8, 4) is 0 Å². The maximum absolute atomic E-state index is 12.2. The standard InChI is InChI=1S/C18H16N4O4/c1-11(16(23)21-22-17(24)12-7-3-2-4-8-12)26-18(25)15-13-9-5-6-10-14(13)19-20-15/h2-11H,1H3,(H,19,20)(H,21,23)(H,22,24)/t11-/m1/s1. The van der Waals surface area contributed by atoms with Crippen molar-refractivity contribution in [1.82, 2.24) is 21.0 Å². The van der Waals surface area contributed by atoms with Crippen molar-refractivity contribution < 1.29 is 19.1 Å². The quantitative estimate of drug-likeness (QED) is 0.487. The normalized spacial score (nSPS) is 11.6. The molecule has 3 rings (SSSR count). The molecule has 8 nitrogen and oxygen atoms in total. The fourth-order valence-electron chi connectivity index (χ4n) is 2.27. The molecule has 0 spiro atoms. The molecule has 8 heteroatoms. The molecule has 0 unspecified atom stereocenters. The number of ether oxygens (including phenoxy) is 1. The second-order valence-corrected chi connectivity index (χ2v) is 5.47. The number of nitrogens with zero attached hydrogens (tertiary/aromatic N) is 1. The van der Waals surface area contributed by atoms with Gasteiger partial charge in [0.1, 0.15) is 0 Å². The van der Waals surface area contributed by atoms with Crippen LogP contribution in [0.1, 0.15) is 27.8 Å². The second kappa shape index (κ2) is 7.47. The number of amides is 2. The Balaban J connectivity index is 1.57. The Labute approximate surface area is 148 Å². The highest BCUT2D eigenvalue weighted by atomic mass is 16.5. The predicted octanol–water partition coefficient (Wildman–Crippen LogP) is 1.57. The molecule has 0 saturated carbocycles. The molecule has 2 amide bonds. The minimum Gasteiger partial charge on any atom is -0.448 e. The molecule has 3 N–H and O–H groups in total. The van der Waals surface area contributed by atoms with Crippen LogP contribution in [0, 0.1) is 0 Å². The van der Waals surface area contributed by atoms with E-state index in [-0.39, 0.29) is 5.69 Å². The highest BCUT2D eigenvalue weighted by Crippen LogP contribution is 2.16. The molecule has 0 aliphatic rings. The molecular formula is C18H16N4O4. The number of carbonyl (C=O) groups excluding carboxylic acids is 3. The molecule has 1 aromatic heterocycles. The molecule has 1 heterocycles. The number of fused-ring (bicyclic) bond motifs is 1. The van der Waals surface area contributed by atoms with Crippen molar-refractivity contribution in [2.45, 2.75) is 13.0 Å². The third-order valence-corrected chi connectivity index (χ3v) is 3.65. The minimum atomic E-state index is -1.12. The van der Waals surface area contributed by atoms with E-state index in [2.05, 4.69) is 21.0 Å². The molecule has 0 saturated heterocycles. The molecule has 0 aliphatic heterocycles. The Bertz CT molecular complexity index is 952. The number of carbonyl (C=O) groups is 3. The van der Waals surface area contributed by atoms with Gasteiger partial charge in [0, 0.05) is 10.9 Å². The number of hydrogen-bond acceptors (Lipinski definition) is 5. The van der Waals surface area contributed by atoms with E-state index < -0.39 is 23.9 Å². The zero-order chi connectivity index (χ0) is 18.5. The van der Waals surface area contributed by atoms with Gasteiger partial charge in [-0.1, -0.05) is 36.4 Å². The molecule has 0 fully saturated rings. The molecule has 1 atom stereocenters. The molecule has 0 bridgehead atoms. The SMILES string of the molecule is C[C@@H](OC(=O)c1n[nH]c2ccccc12)C(=O)NNC(=O)c1ccccc1. The summed E-state index contributed by atoms with van der Waals surface area (Å²) in [5.41, 5.74) is 5.66. The zero-order valence-corrected chi connectivity index (χ0v) is 13.9. The summed E-state index contributed by atoms with van der Waals surface area (Å²) in [4.78, 5) is 36.1. The number of hydrazine groups is 1. The van der Waals surface area contributed by atoms with Crippen LogP contribution in [-0.2, 0) is 9.53 Å². The number of H-pyrrole nitrogens is 1. The van der Waals surface area contributed by atoms with Crippen molar-refractivity contribution in [3.05, 3.63) is 65.9 Å². The van der Waals surface area contributed by atoms with Crippen LogP contribution in [0.5, 0.6) is 0 Å². The summed E-state index contributed by atoms with van der Waals surface area (Å²) in [6.45, 7) is 1.40. The summed E-state index contributed by atoms with van der Waals surface area (Å²) in [5.74, 6) is -1.88. The largest absolute Gasteiger partial charge is 0.448 e. The summed E-state index contributed by atoms with van der Waals surface area (Å²) in [6, 6.07) is 15.5. The Morgan fingerprint density at radius 2 is 1.69 bits per heavy atom. The third kappa shape index (κ3) is 3.69. The van der Waals surface area contributed by atoms with Gasteiger partial charge in [0.25, 0.3) is 11.8 Å². The van der Waals surface area contributed by atoms with Crippen molar-refractivity contribution in [2.75, 3.05) is 0 Å². The number of aromatic amines is 1. The van der Waals surface area contributed by atoms with E-state index in [4.69, 9.17) is 4.74 Å². The lowest BCUT2D eigenvalue weighted by molar-refractivity contribution is -0.129. The summed E-state index contributed by atoms with van der Waals surface area (Å²) < 4.78 is 5.12. The van der Waals surface area contributed by atoms with Gasteiger partial charge in [-0.15, -0.1) is 0 Å². The van der Waals surface area contributed by atoms with Gasteiger partial charge in [-0.2, -0.15) is 5.10 Å². The van der Waals surface area contributed by atoms with Crippen LogP contribution >= 0.6 is 0 Å². The number of rotatable bonds is 4. The van der Waals surface area contributed by atoms with Crippen molar-refractivity contribution >= 4 is 28.7 Å². The van der Waals surface area contributed by atoms with Crippen LogP contribution in [0.4, 0.5) is 0 Å². The van der Waals surface area contributed by atoms with Crippen LogP contribution in [-0.4, -0.2) is 34.1 Å². The van der Waals surface area contributed by atoms with Gasteiger partial charge in [-0.05, 0) is 25.1 Å². The number of hydrogen-bond donors (Lipinski definition) is 3.